The second-order valence-electron chi connectivity index (χ2n) is 4.32. The molecular formula is C15H11BrN4O. The van der Waals surface area contributed by atoms with Crippen LogP contribution in [0.1, 0.15) is 10.4 Å². The lowest BCUT2D eigenvalue weighted by molar-refractivity contribution is 0.102. The summed E-state index contributed by atoms with van der Waals surface area (Å²) in [6, 6.07) is 11.4. The SMILES string of the molecule is O=C(Nc1ccncc1Br)c1cnn(-c2ccccc2)c1. The number of benzene rings is 1. The van der Waals surface area contributed by atoms with Crippen LogP contribution in [0.4, 0.5) is 5.69 Å². The van der Waals surface area contributed by atoms with Crippen LogP contribution in [0.2, 0.25) is 0 Å². The first-order valence-corrected chi connectivity index (χ1v) is 7.04. The molecular weight excluding hydrogens is 332 g/mol. The molecule has 0 aliphatic rings. The predicted octanol–water partition coefficient (Wildman–Crippen LogP) is 3.28. The van der Waals surface area contributed by atoms with Crippen molar-refractivity contribution in [1.29, 1.82) is 0 Å². The van der Waals surface area contributed by atoms with E-state index in [1.165, 1.54) is 6.20 Å². The van der Waals surface area contributed by atoms with Crippen molar-refractivity contribution in [3.05, 3.63) is 71.2 Å². The molecule has 1 amide bonds. The van der Waals surface area contributed by atoms with Crippen LogP contribution in [0.15, 0.2) is 65.7 Å². The number of halogens is 1. The van der Waals surface area contributed by atoms with Crippen LogP contribution in [0.3, 0.4) is 0 Å². The molecule has 0 bridgehead atoms. The van der Waals surface area contributed by atoms with E-state index in [-0.39, 0.29) is 5.91 Å². The van der Waals surface area contributed by atoms with Crippen LogP contribution in [-0.2, 0) is 0 Å². The second-order valence-corrected chi connectivity index (χ2v) is 5.17. The van der Waals surface area contributed by atoms with Crippen molar-refractivity contribution in [2.45, 2.75) is 0 Å². The lowest BCUT2D eigenvalue weighted by atomic mass is 10.3. The topological polar surface area (TPSA) is 59.8 Å². The van der Waals surface area contributed by atoms with Crippen molar-refractivity contribution in [1.82, 2.24) is 14.8 Å². The van der Waals surface area contributed by atoms with E-state index in [9.17, 15) is 4.79 Å². The highest BCUT2D eigenvalue weighted by molar-refractivity contribution is 9.10. The number of amides is 1. The highest BCUT2D eigenvalue weighted by Gasteiger charge is 2.11. The predicted molar refractivity (Wildman–Crippen MR) is 83.5 cm³/mol. The Morgan fingerprint density at radius 1 is 1.14 bits per heavy atom. The molecule has 1 aromatic carbocycles. The van der Waals surface area contributed by atoms with Crippen molar-refractivity contribution in [2.24, 2.45) is 0 Å². The maximum atomic E-state index is 12.2. The molecule has 0 fully saturated rings. The molecule has 21 heavy (non-hydrogen) atoms. The quantitative estimate of drug-likeness (QED) is 0.794. The van der Waals surface area contributed by atoms with Crippen molar-refractivity contribution in [3.63, 3.8) is 0 Å². The highest BCUT2D eigenvalue weighted by atomic mass is 79.9. The fraction of sp³-hybridized carbons (Fsp3) is 0. The summed E-state index contributed by atoms with van der Waals surface area (Å²) in [5, 5.41) is 7.02. The van der Waals surface area contributed by atoms with Gasteiger partial charge in [0.25, 0.3) is 5.91 Å². The van der Waals surface area contributed by atoms with E-state index in [4.69, 9.17) is 0 Å². The summed E-state index contributed by atoms with van der Waals surface area (Å²) in [7, 11) is 0. The van der Waals surface area contributed by atoms with Gasteiger partial charge in [0.15, 0.2) is 0 Å². The van der Waals surface area contributed by atoms with Gasteiger partial charge in [-0.1, -0.05) is 18.2 Å². The Hall–Kier alpha value is -2.47. The first kappa shape index (κ1) is 13.5. The number of anilines is 1. The molecule has 3 aromatic rings. The number of carbonyl (C=O) groups is 1. The summed E-state index contributed by atoms with van der Waals surface area (Å²) in [6.45, 7) is 0. The molecule has 5 nitrogen and oxygen atoms in total. The summed E-state index contributed by atoms with van der Waals surface area (Å²) in [5.74, 6) is -0.218. The Morgan fingerprint density at radius 3 is 2.71 bits per heavy atom. The molecule has 1 N–H and O–H groups in total. The number of para-hydroxylation sites is 1. The van der Waals surface area contributed by atoms with Crippen LogP contribution in [0.25, 0.3) is 5.69 Å². The Bertz CT molecular complexity index is 770. The molecule has 0 spiro atoms. The van der Waals surface area contributed by atoms with Gasteiger partial charge >= 0.3 is 0 Å². The van der Waals surface area contributed by atoms with Crippen LogP contribution in [0, 0.1) is 0 Å². The molecule has 3 rings (SSSR count). The molecule has 0 radical (unpaired) electrons. The fourth-order valence-electron chi connectivity index (χ4n) is 1.83. The van der Waals surface area contributed by atoms with Crippen LogP contribution >= 0.6 is 15.9 Å². The molecule has 2 heterocycles. The van der Waals surface area contributed by atoms with Gasteiger partial charge in [0.1, 0.15) is 0 Å². The van der Waals surface area contributed by atoms with Gasteiger partial charge in [-0.25, -0.2) is 4.68 Å². The largest absolute Gasteiger partial charge is 0.321 e. The molecule has 6 heteroatoms. The average Bonchev–Trinajstić information content (AvgIpc) is 3.00. The van der Waals surface area contributed by atoms with Crippen LogP contribution in [0.5, 0.6) is 0 Å². The smallest absolute Gasteiger partial charge is 0.258 e. The third-order valence-electron chi connectivity index (χ3n) is 2.89. The Labute approximate surface area is 129 Å². The zero-order valence-corrected chi connectivity index (χ0v) is 12.5. The van der Waals surface area contributed by atoms with Gasteiger partial charge in [-0.05, 0) is 34.1 Å². The normalized spacial score (nSPS) is 10.3. The molecule has 0 aliphatic carbocycles. The van der Waals surface area contributed by atoms with Gasteiger partial charge < -0.3 is 5.32 Å². The van der Waals surface area contributed by atoms with Gasteiger partial charge in [0.2, 0.25) is 0 Å². The Kier molecular flexibility index (Phi) is 3.79. The number of hydrogen-bond acceptors (Lipinski definition) is 3. The van der Waals surface area contributed by atoms with Gasteiger partial charge in [0.05, 0.1) is 27.6 Å². The number of rotatable bonds is 3. The van der Waals surface area contributed by atoms with E-state index in [0.717, 1.165) is 10.2 Å². The summed E-state index contributed by atoms with van der Waals surface area (Å²) in [5.41, 5.74) is 2.06. The van der Waals surface area contributed by atoms with Gasteiger partial charge in [-0.2, -0.15) is 5.10 Å². The maximum absolute atomic E-state index is 12.2. The van der Waals surface area contributed by atoms with E-state index in [1.54, 1.807) is 29.3 Å². The second kappa shape index (κ2) is 5.88. The number of nitrogens with one attached hydrogen (secondary N) is 1. The van der Waals surface area contributed by atoms with E-state index in [0.29, 0.717) is 11.3 Å². The molecule has 0 atom stereocenters. The van der Waals surface area contributed by atoms with E-state index < -0.39 is 0 Å². The monoisotopic (exact) mass is 342 g/mol. The van der Waals surface area contributed by atoms with E-state index in [2.05, 4.69) is 31.3 Å². The lowest BCUT2D eigenvalue weighted by Crippen LogP contribution is -2.11. The number of nitrogens with zero attached hydrogens (tertiary/aromatic N) is 3. The number of hydrogen-bond donors (Lipinski definition) is 1. The molecule has 0 saturated carbocycles. The molecule has 104 valence electrons. The summed E-state index contributed by atoms with van der Waals surface area (Å²) >= 11 is 3.34. The van der Waals surface area contributed by atoms with Crippen LogP contribution < -0.4 is 5.32 Å². The van der Waals surface area contributed by atoms with Crippen molar-refractivity contribution >= 4 is 27.5 Å². The Balaban J connectivity index is 1.80. The molecule has 0 saturated heterocycles. The lowest BCUT2D eigenvalue weighted by Gasteiger charge is -2.04. The standard InChI is InChI=1S/C15H11BrN4O/c16-13-9-17-7-6-14(13)19-15(21)11-8-18-20(10-11)12-4-2-1-3-5-12/h1-10H,(H,17,19,21). The zero-order chi connectivity index (χ0) is 14.7. The van der Waals surface area contributed by atoms with Crippen molar-refractivity contribution in [3.8, 4) is 5.69 Å². The average molecular weight is 343 g/mol. The highest BCUT2D eigenvalue weighted by Crippen LogP contribution is 2.20. The summed E-state index contributed by atoms with van der Waals surface area (Å²) in [4.78, 5) is 16.2. The van der Waals surface area contributed by atoms with Crippen molar-refractivity contribution in [2.75, 3.05) is 5.32 Å². The Morgan fingerprint density at radius 2 is 1.95 bits per heavy atom. The molecule has 0 unspecified atom stereocenters. The summed E-state index contributed by atoms with van der Waals surface area (Å²) < 4.78 is 2.39. The first-order chi connectivity index (χ1) is 10.2. The minimum absolute atomic E-state index is 0.218. The third kappa shape index (κ3) is 3.00. The fourth-order valence-corrected chi connectivity index (χ4v) is 2.18. The zero-order valence-electron chi connectivity index (χ0n) is 10.9. The third-order valence-corrected chi connectivity index (χ3v) is 3.52. The first-order valence-electron chi connectivity index (χ1n) is 6.25. The minimum atomic E-state index is -0.218. The van der Waals surface area contributed by atoms with Gasteiger partial charge in [-0.15, -0.1) is 0 Å². The van der Waals surface area contributed by atoms with Gasteiger partial charge in [-0.3, -0.25) is 9.78 Å². The van der Waals surface area contributed by atoms with Gasteiger partial charge in [0, 0.05) is 18.6 Å². The summed E-state index contributed by atoms with van der Waals surface area (Å²) in [6.07, 6.45) is 6.48. The van der Waals surface area contributed by atoms with Crippen molar-refractivity contribution < 1.29 is 4.79 Å². The molecule has 0 aliphatic heterocycles. The number of aromatic nitrogens is 3. The number of carbonyl (C=O) groups excluding carboxylic acids is 1. The van der Waals surface area contributed by atoms with E-state index >= 15 is 0 Å². The minimum Gasteiger partial charge on any atom is -0.321 e. The maximum Gasteiger partial charge on any atom is 0.258 e. The molecule has 2 aromatic heterocycles. The number of pyridine rings is 1. The van der Waals surface area contributed by atoms with Crippen LogP contribution in [-0.4, -0.2) is 20.7 Å². The van der Waals surface area contributed by atoms with E-state index in [1.807, 2.05) is 30.3 Å².